The Morgan fingerprint density at radius 2 is 1.59 bits per heavy atom. The summed E-state index contributed by atoms with van der Waals surface area (Å²) >= 11 is 0. The van der Waals surface area contributed by atoms with E-state index >= 15 is 0 Å². The number of hydrogen-bond donors (Lipinski definition) is 2. The quantitative estimate of drug-likeness (QED) is 0.610. The molecular weight excluding hydrogens is 447 g/mol. The van der Waals surface area contributed by atoms with Gasteiger partial charge in [-0.1, -0.05) is 0 Å². The average molecular weight is 472 g/mol. The van der Waals surface area contributed by atoms with Crippen LogP contribution in [0.4, 0.5) is 24.5 Å². The van der Waals surface area contributed by atoms with E-state index in [2.05, 4.69) is 19.7 Å². The first-order valence-corrected chi connectivity index (χ1v) is 11.6. The fraction of sp³-hybridized carbons (Fsp3) is 0.381. The number of anilines is 2. The van der Waals surface area contributed by atoms with Gasteiger partial charge in [-0.05, 0) is 67.8 Å². The Bertz CT molecular complexity index is 1000. The summed E-state index contributed by atoms with van der Waals surface area (Å²) in [5.41, 5.74) is 1.71. The number of rotatable bonds is 8. The number of alkyl halides is 3. The second-order valence-electron chi connectivity index (χ2n) is 7.31. The van der Waals surface area contributed by atoms with E-state index in [9.17, 15) is 26.4 Å². The van der Waals surface area contributed by atoms with Crippen LogP contribution in [0.3, 0.4) is 0 Å². The Morgan fingerprint density at radius 1 is 0.969 bits per heavy atom. The van der Waals surface area contributed by atoms with E-state index in [1.54, 1.807) is 12.1 Å². The third-order valence-corrected chi connectivity index (χ3v) is 6.36. The number of hydrogen-bond acceptors (Lipinski definition) is 5. The Labute approximate surface area is 184 Å². The van der Waals surface area contributed by atoms with Crippen LogP contribution in [0, 0.1) is 0 Å². The topological polar surface area (TPSA) is 87.7 Å². The number of sulfonamides is 1. The van der Waals surface area contributed by atoms with Gasteiger partial charge in [0, 0.05) is 37.4 Å². The summed E-state index contributed by atoms with van der Waals surface area (Å²) in [4.78, 5) is 14.2. The summed E-state index contributed by atoms with van der Waals surface area (Å²) in [7, 11) is -3.98. The lowest BCUT2D eigenvalue weighted by atomic mass is 10.1. The molecule has 0 radical (unpaired) electrons. The van der Waals surface area contributed by atoms with Crippen LogP contribution in [0.5, 0.6) is 5.75 Å². The molecule has 1 aliphatic rings. The molecule has 0 bridgehead atoms. The minimum atomic E-state index is -4.86. The van der Waals surface area contributed by atoms with Crippen molar-refractivity contribution in [3.05, 3.63) is 48.5 Å². The molecule has 3 rings (SSSR count). The molecule has 1 heterocycles. The zero-order chi connectivity index (χ0) is 23.2. The van der Waals surface area contributed by atoms with E-state index in [0.717, 1.165) is 43.0 Å². The molecule has 2 aromatic carbocycles. The molecule has 1 fully saturated rings. The smallest absolute Gasteiger partial charge is 0.406 e. The van der Waals surface area contributed by atoms with Crippen LogP contribution in [0.15, 0.2) is 53.4 Å². The number of ether oxygens (including phenoxy) is 1. The van der Waals surface area contributed by atoms with E-state index in [0.29, 0.717) is 5.69 Å². The summed E-state index contributed by atoms with van der Waals surface area (Å²) in [6.07, 6.45) is -1.39. The van der Waals surface area contributed by atoms with Crippen LogP contribution >= 0.6 is 0 Å². The fourth-order valence-electron chi connectivity index (χ4n) is 3.33. The Morgan fingerprint density at radius 3 is 2.19 bits per heavy atom. The number of nitrogens with zero attached hydrogens (tertiary/aromatic N) is 1. The summed E-state index contributed by atoms with van der Waals surface area (Å²) in [5.74, 6) is -0.894. The first-order chi connectivity index (χ1) is 15.1. The zero-order valence-corrected chi connectivity index (χ0v) is 18.0. The maximum absolute atomic E-state index is 12.2. The third kappa shape index (κ3) is 7.13. The summed E-state index contributed by atoms with van der Waals surface area (Å²) in [6, 6.07) is 11.3. The van der Waals surface area contributed by atoms with Crippen LogP contribution in [0.2, 0.25) is 0 Å². The van der Waals surface area contributed by atoms with Crippen molar-refractivity contribution in [1.82, 2.24) is 4.72 Å². The first-order valence-electron chi connectivity index (χ1n) is 10.1. The van der Waals surface area contributed by atoms with E-state index in [4.69, 9.17) is 0 Å². The van der Waals surface area contributed by atoms with Gasteiger partial charge < -0.3 is 15.0 Å². The molecule has 0 spiro atoms. The number of benzene rings is 2. The largest absolute Gasteiger partial charge is 0.573 e. The van der Waals surface area contributed by atoms with Crippen LogP contribution < -0.4 is 19.7 Å². The predicted molar refractivity (Wildman–Crippen MR) is 114 cm³/mol. The average Bonchev–Trinajstić information content (AvgIpc) is 2.74. The molecule has 0 saturated carbocycles. The van der Waals surface area contributed by atoms with Gasteiger partial charge in [0.2, 0.25) is 15.9 Å². The number of nitrogens with one attached hydrogen (secondary N) is 2. The van der Waals surface area contributed by atoms with Crippen molar-refractivity contribution < 1.29 is 31.1 Å². The maximum Gasteiger partial charge on any atom is 0.573 e. The van der Waals surface area contributed by atoms with Crippen molar-refractivity contribution in [1.29, 1.82) is 0 Å². The van der Waals surface area contributed by atoms with Crippen molar-refractivity contribution in [3.63, 3.8) is 0 Å². The summed E-state index contributed by atoms with van der Waals surface area (Å²) < 4.78 is 67.0. The molecule has 2 N–H and O–H groups in total. The van der Waals surface area contributed by atoms with Gasteiger partial charge in [0.05, 0.1) is 4.90 Å². The van der Waals surface area contributed by atoms with E-state index in [-0.39, 0.29) is 23.8 Å². The Balaban J connectivity index is 1.46. The van der Waals surface area contributed by atoms with Crippen LogP contribution in [0.25, 0.3) is 0 Å². The summed E-state index contributed by atoms with van der Waals surface area (Å²) in [6.45, 7) is 1.87. The lowest BCUT2D eigenvalue weighted by Crippen LogP contribution is -2.29. The van der Waals surface area contributed by atoms with Crippen LogP contribution in [-0.4, -0.2) is 40.3 Å². The minimum absolute atomic E-state index is 0.109. The highest BCUT2D eigenvalue weighted by molar-refractivity contribution is 7.89. The van der Waals surface area contributed by atoms with E-state index < -0.39 is 22.1 Å². The van der Waals surface area contributed by atoms with Crippen molar-refractivity contribution in [2.45, 2.75) is 36.9 Å². The highest BCUT2D eigenvalue weighted by atomic mass is 32.2. The normalized spacial score (nSPS) is 14.8. The lowest BCUT2D eigenvalue weighted by Gasteiger charge is -2.28. The van der Waals surface area contributed by atoms with Gasteiger partial charge >= 0.3 is 6.36 Å². The molecule has 1 saturated heterocycles. The number of halogens is 3. The number of amides is 1. The van der Waals surface area contributed by atoms with Gasteiger partial charge in [0.1, 0.15) is 5.75 Å². The van der Waals surface area contributed by atoms with E-state index in [1.165, 1.54) is 19.3 Å². The second-order valence-corrected chi connectivity index (χ2v) is 9.08. The van der Waals surface area contributed by atoms with Gasteiger partial charge in [0.25, 0.3) is 0 Å². The van der Waals surface area contributed by atoms with Gasteiger partial charge in [0.15, 0.2) is 0 Å². The molecule has 1 aliphatic heterocycles. The number of carbonyl (C=O) groups excluding carboxylic acids is 1. The molecular formula is C21H24F3N3O4S. The Kier molecular flexibility index (Phi) is 7.62. The minimum Gasteiger partial charge on any atom is -0.406 e. The third-order valence-electron chi connectivity index (χ3n) is 4.88. The maximum atomic E-state index is 12.2. The molecule has 0 atom stereocenters. The molecule has 11 heteroatoms. The van der Waals surface area contributed by atoms with Crippen LogP contribution in [0.1, 0.15) is 25.7 Å². The highest BCUT2D eigenvalue weighted by Crippen LogP contribution is 2.24. The van der Waals surface area contributed by atoms with Gasteiger partial charge in [-0.2, -0.15) is 0 Å². The predicted octanol–water partition coefficient (Wildman–Crippen LogP) is 3.88. The van der Waals surface area contributed by atoms with Crippen LogP contribution in [-0.2, 0) is 14.8 Å². The van der Waals surface area contributed by atoms with Crippen molar-refractivity contribution in [3.8, 4) is 5.75 Å². The van der Waals surface area contributed by atoms with E-state index in [1.807, 2.05) is 12.1 Å². The molecule has 0 unspecified atom stereocenters. The Hall–Kier alpha value is -2.79. The number of carbonyl (C=O) groups is 1. The molecule has 32 heavy (non-hydrogen) atoms. The van der Waals surface area contributed by atoms with Crippen molar-refractivity contribution in [2.24, 2.45) is 0 Å². The van der Waals surface area contributed by atoms with Gasteiger partial charge in [-0.3, -0.25) is 4.79 Å². The molecule has 1 amide bonds. The molecule has 7 nitrogen and oxygen atoms in total. The zero-order valence-electron chi connectivity index (χ0n) is 17.2. The molecule has 0 aliphatic carbocycles. The fourth-order valence-corrected chi connectivity index (χ4v) is 4.37. The monoisotopic (exact) mass is 471 g/mol. The van der Waals surface area contributed by atoms with Gasteiger partial charge in [-0.25, -0.2) is 13.1 Å². The standard InChI is InChI=1S/C21H24F3N3O4S/c22-21(23,24)31-18-8-10-19(11-9-18)32(29,30)25-13-12-20(28)26-16-4-6-17(7-5-16)27-14-2-1-3-15-27/h4-11,25H,1-3,12-15H2,(H,26,28). The molecule has 0 aromatic heterocycles. The van der Waals surface area contributed by atoms with Gasteiger partial charge in [-0.15, -0.1) is 13.2 Å². The second kappa shape index (κ2) is 10.2. The molecule has 2 aromatic rings. The number of piperidine rings is 1. The highest BCUT2D eigenvalue weighted by Gasteiger charge is 2.31. The van der Waals surface area contributed by atoms with Crippen molar-refractivity contribution >= 4 is 27.3 Å². The summed E-state index contributed by atoms with van der Waals surface area (Å²) in [5, 5.41) is 2.71. The van der Waals surface area contributed by atoms with Crippen molar-refractivity contribution in [2.75, 3.05) is 29.9 Å². The lowest BCUT2D eigenvalue weighted by molar-refractivity contribution is -0.274. The first kappa shape index (κ1) is 23.9. The molecule has 174 valence electrons. The SMILES string of the molecule is O=C(CCNS(=O)(=O)c1ccc(OC(F)(F)F)cc1)Nc1ccc(N2CCCCC2)cc1.